The number of rotatable bonds is 10. The monoisotopic (exact) mass is 424 g/mol. The van der Waals surface area contributed by atoms with Crippen LogP contribution in [-0.4, -0.2) is 25.2 Å². The summed E-state index contributed by atoms with van der Waals surface area (Å²) in [6.45, 7) is 12.9. The first-order valence-corrected chi connectivity index (χ1v) is 11.1. The quantitative estimate of drug-likeness (QED) is 0.414. The van der Waals surface area contributed by atoms with Crippen LogP contribution in [0.2, 0.25) is 0 Å². The van der Waals surface area contributed by atoms with Gasteiger partial charge < -0.3 is 9.47 Å². The maximum Gasteiger partial charge on any atom is 0.338 e. The van der Waals surface area contributed by atoms with Gasteiger partial charge in [0.05, 0.1) is 11.1 Å². The fourth-order valence-corrected chi connectivity index (χ4v) is 3.35. The summed E-state index contributed by atoms with van der Waals surface area (Å²) in [5.41, 5.74) is 2.80. The molecule has 4 heteroatoms. The maximum atomic E-state index is 12.6. The average Bonchev–Trinajstić information content (AvgIpc) is 2.73. The van der Waals surface area contributed by atoms with E-state index < -0.39 is 5.41 Å². The number of ether oxygens (including phenoxy) is 2. The highest BCUT2D eigenvalue weighted by atomic mass is 16.5. The average molecular weight is 425 g/mol. The van der Waals surface area contributed by atoms with Gasteiger partial charge >= 0.3 is 11.9 Å². The molecule has 0 heterocycles. The Labute approximate surface area is 187 Å². The van der Waals surface area contributed by atoms with Crippen LogP contribution in [0.15, 0.2) is 48.5 Å². The summed E-state index contributed by atoms with van der Waals surface area (Å²) in [6, 6.07) is 14.7. The van der Waals surface area contributed by atoms with E-state index in [0.29, 0.717) is 17.0 Å². The smallest absolute Gasteiger partial charge is 0.338 e. The van der Waals surface area contributed by atoms with Crippen molar-refractivity contribution in [2.75, 3.05) is 13.2 Å². The largest absolute Gasteiger partial charge is 0.461 e. The van der Waals surface area contributed by atoms with Crippen LogP contribution >= 0.6 is 0 Å². The molecule has 0 aliphatic carbocycles. The Balaban J connectivity index is 2.14. The van der Waals surface area contributed by atoms with Crippen molar-refractivity contribution in [3.05, 3.63) is 70.8 Å². The molecule has 0 aliphatic heterocycles. The molecule has 0 saturated heterocycles. The molecule has 2 rings (SSSR count). The Morgan fingerprint density at radius 3 is 1.45 bits per heavy atom. The van der Waals surface area contributed by atoms with Crippen molar-refractivity contribution in [2.24, 2.45) is 17.3 Å². The molecule has 2 aromatic carbocycles. The predicted octanol–water partition coefficient (Wildman–Crippen LogP) is 6.40. The standard InChI is InChI=1S/C27H36O4/c1-19(2)15-16-27(20(3)4,17-30-25(28)23-11-7-21(5)8-12-23)18-31-26(29)24-13-9-22(6)10-14-24/h7-14,19-20H,15-18H2,1-6H3. The normalized spacial score (nSPS) is 11.6. The number of esters is 2. The predicted molar refractivity (Wildman–Crippen MR) is 124 cm³/mol. The summed E-state index contributed by atoms with van der Waals surface area (Å²) >= 11 is 0. The third-order valence-electron chi connectivity index (χ3n) is 6.00. The van der Waals surface area contributed by atoms with Crippen LogP contribution in [0.5, 0.6) is 0 Å². The highest BCUT2D eigenvalue weighted by molar-refractivity contribution is 5.90. The first kappa shape index (κ1) is 24.6. The molecule has 0 aliphatic rings. The number of benzene rings is 2. The van der Waals surface area contributed by atoms with Crippen molar-refractivity contribution in [1.82, 2.24) is 0 Å². The number of hydrogen-bond acceptors (Lipinski definition) is 4. The van der Waals surface area contributed by atoms with Gasteiger partial charge in [0.1, 0.15) is 13.2 Å². The molecular weight excluding hydrogens is 388 g/mol. The lowest BCUT2D eigenvalue weighted by molar-refractivity contribution is -0.0304. The van der Waals surface area contributed by atoms with E-state index in [0.717, 1.165) is 24.0 Å². The van der Waals surface area contributed by atoms with E-state index >= 15 is 0 Å². The molecule has 0 aromatic heterocycles. The minimum atomic E-state index is -0.439. The second-order valence-corrected chi connectivity index (χ2v) is 9.33. The molecule has 0 N–H and O–H groups in total. The Hall–Kier alpha value is -2.62. The highest BCUT2D eigenvalue weighted by Crippen LogP contribution is 2.36. The van der Waals surface area contributed by atoms with Gasteiger partial charge in [0, 0.05) is 5.41 Å². The molecular formula is C27H36O4. The summed E-state index contributed by atoms with van der Waals surface area (Å²) in [5, 5.41) is 0. The van der Waals surface area contributed by atoms with Gasteiger partial charge in [-0.3, -0.25) is 0 Å². The second kappa shape index (κ2) is 11.1. The van der Waals surface area contributed by atoms with Crippen LogP contribution in [0.3, 0.4) is 0 Å². The number of hydrogen-bond donors (Lipinski definition) is 0. The van der Waals surface area contributed by atoms with E-state index in [4.69, 9.17) is 9.47 Å². The highest BCUT2D eigenvalue weighted by Gasteiger charge is 2.37. The summed E-state index contributed by atoms with van der Waals surface area (Å²) in [5.74, 6) is -0.0273. The molecule has 2 aromatic rings. The van der Waals surface area contributed by atoms with Gasteiger partial charge in [-0.05, 0) is 56.4 Å². The number of carbonyl (C=O) groups excluding carboxylic acids is 2. The van der Waals surface area contributed by atoms with Crippen LogP contribution < -0.4 is 0 Å². The summed E-state index contributed by atoms with van der Waals surface area (Å²) in [7, 11) is 0. The van der Waals surface area contributed by atoms with E-state index in [1.165, 1.54) is 0 Å². The van der Waals surface area contributed by atoms with Gasteiger partial charge in [0.2, 0.25) is 0 Å². The molecule has 0 atom stereocenters. The second-order valence-electron chi connectivity index (χ2n) is 9.33. The van der Waals surface area contributed by atoms with Crippen molar-refractivity contribution in [3.63, 3.8) is 0 Å². The third kappa shape index (κ3) is 7.23. The molecule has 0 amide bonds. The summed E-state index contributed by atoms with van der Waals surface area (Å²) in [6.07, 6.45) is 1.77. The maximum absolute atomic E-state index is 12.6. The van der Waals surface area contributed by atoms with E-state index in [1.54, 1.807) is 24.3 Å². The van der Waals surface area contributed by atoms with Crippen LogP contribution in [0.25, 0.3) is 0 Å². The molecule has 0 radical (unpaired) electrons. The van der Waals surface area contributed by atoms with Crippen LogP contribution in [0, 0.1) is 31.1 Å². The van der Waals surface area contributed by atoms with Gasteiger partial charge in [-0.25, -0.2) is 9.59 Å². The zero-order valence-corrected chi connectivity index (χ0v) is 19.7. The first-order chi connectivity index (χ1) is 14.6. The molecule has 0 bridgehead atoms. The molecule has 168 valence electrons. The third-order valence-corrected chi connectivity index (χ3v) is 6.00. The SMILES string of the molecule is Cc1ccc(C(=O)OCC(CCC(C)C)(COC(=O)c2ccc(C)cc2)C(C)C)cc1. The summed E-state index contributed by atoms with van der Waals surface area (Å²) < 4.78 is 11.5. The van der Waals surface area contributed by atoms with E-state index in [1.807, 2.05) is 38.1 Å². The lowest BCUT2D eigenvalue weighted by atomic mass is 9.73. The number of carbonyl (C=O) groups is 2. The Morgan fingerprint density at radius 1 is 0.742 bits per heavy atom. The fourth-order valence-electron chi connectivity index (χ4n) is 3.35. The topological polar surface area (TPSA) is 52.6 Å². The van der Waals surface area contributed by atoms with E-state index in [2.05, 4.69) is 27.7 Å². The molecule has 0 unspecified atom stereocenters. The molecule has 0 saturated carbocycles. The van der Waals surface area contributed by atoms with E-state index in [9.17, 15) is 9.59 Å². The lowest BCUT2D eigenvalue weighted by Crippen LogP contribution is -2.39. The minimum absolute atomic E-state index is 0.169. The molecule has 4 nitrogen and oxygen atoms in total. The fraction of sp³-hybridized carbons (Fsp3) is 0.481. The van der Waals surface area contributed by atoms with Crippen molar-refractivity contribution in [3.8, 4) is 0 Å². The molecule has 31 heavy (non-hydrogen) atoms. The Kier molecular flexibility index (Phi) is 8.85. The van der Waals surface area contributed by atoms with Gasteiger partial charge in [-0.2, -0.15) is 0 Å². The van der Waals surface area contributed by atoms with Crippen LogP contribution in [0.4, 0.5) is 0 Å². The first-order valence-electron chi connectivity index (χ1n) is 11.1. The van der Waals surface area contributed by atoms with Crippen LogP contribution in [0.1, 0.15) is 72.4 Å². The number of aryl methyl sites for hydroxylation is 2. The lowest BCUT2D eigenvalue weighted by Gasteiger charge is -2.37. The van der Waals surface area contributed by atoms with Crippen molar-refractivity contribution in [2.45, 2.75) is 54.4 Å². The van der Waals surface area contributed by atoms with Gasteiger partial charge in [0.15, 0.2) is 0 Å². The zero-order chi connectivity index (χ0) is 23.0. The van der Waals surface area contributed by atoms with Gasteiger partial charge in [-0.1, -0.05) is 69.5 Å². The van der Waals surface area contributed by atoms with Crippen molar-refractivity contribution < 1.29 is 19.1 Å². The summed E-state index contributed by atoms with van der Waals surface area (Å²) in [4.78, 5) is 25.2. The van der Waals surface area contributed by atoms with Crippen LogP contribution in [-0.2, 0) is 9.47 Å². The zero-order valence-electron chi connectivity index (χ0n) is 19.7. The minimum Gasteiger partial charge on any atom is -0.461 e. The Morgan fingerprint density at radius 2 is 1.13 bits per heavy atom. The molecule has 0 fully saturated rings. The van der Waals surface area contributed by atoms with Crippen molar-refractivity contribution >= 4 is 11.9 Å². The van der Waals surface area contributed by atoms with Crippen molar-refractivity contribution in [1.29, 1.82) is 0 Å². The van der Waals surface area contributed by atoms with Gasteiger partial charge in [-0.15, -0.1) is 0 Å². The Bertz CT molecular complexity index is 786. The van der Waals surface area contributed by atoms with E-state index in [-0.39, 0.29) is 31.1 Å². The molecule has 0 spiro atoms. The van der Waals surface area contributed by atoms with Gasteiger partial charge in [0.25, 0.3) is 0 Å².